The average Bonchev–Trinajstić information content (AvgIpc) is 3.22. The van der Waals surface area contributed by atoms with E-state index in [0.717, 1.165) is 4.90 Å². The number of halogens is 1. The molecule has 29 heavy (non-hydrogen) atoms. The lowest BCUT2D eigenvalue weighted by molar-refractivity contribution is -0.123. The Kier molecular flexibility index (Phi) is 4.89. The number of imide groups is 1. The molecule has 10 heteroatoms. The Morgan fingerprint density at radius 2 is 1.93 bits per heavy atom. The highest BCUT2D eigenvalue weighted by atomic mass is 35.5. The monoisotopic (exact) mass is 413 g/mol. The van der Waals surface area contributed by atoms with Crippen LogP contribution in [0.5, 0.6) is 5.75 Å². The predicted octanol–water partition coefficient (Wildman–Crippen LogP) is 2.28. The zero-order valence-electron chi connectivity index (χ0n) is 15.3. The first-order chi connectivity index (χ1) is 14.0. The highest BCUT2D eigenvalue weighted by molar-refractivity contribution is 6.31. The molecule has 3 amide bonds. The molecule has 1 fully saturated rings. The topological polar surface area (TPSA) is 104 Å². The van der Waals surface area contributed by atoms with Gasteiger partial charge in [-0.15, -0.1) is 0 Å². The van der Waals surface area contributed by atoms with E-state index in [1.807, 2.05) is 0 Å². The van der Waals surface area contributed by atoms with Gasteiger partial charge in [0.25, 0.3) is 11.8 Å². The first-order valence-electron chi connectivity index (χ1n) is 8.72. The van der Waals surface area contributed by atoms with E-state index in [1.54, 1.807) is 48.5 Å². The highest BCUT2D eigenvalue weighted by Gasteiger charge is 2.55. The summed E-state index contributed by atoms with van der Waals surface area (Å²) in [6.45, 7) is -0.230. The van der Waals surface area contributed by atoms with Crippen LogP contribution >= 0.6 is 11.6 Å². The fourth-order valence-corrected chi connectivity index (χ4v) is 3.44. The van der Waals surface area contributed by atoms with Crippen LogP contribution in [0.2, 0.25) is 5.02 Å². The molecule has 0 radical (unpaired) electrons. The zero-order valence-corrected chi connectivity index (χ0v) is 16.0. The molecule has 0 aliphatic carbocycles. The molecule has 2 aliphatic heterocycles. The molecule has 0 spiro atoms. The minimum Gasteiger partial charge on any atom is -0.497 e. The first kappa shape index (κ1) is 18.9. The Balaban J connectivity index is 1.48. The van der Waals surface area contributed by atoms with Gasteiger partial charge in [-0.05, 0) is 42.5 Å². The summed E-state index contributed by atoms with van der Waals surface area (Å²) in [6.07, 6.45) is 0. The molecule has 0 unspecified atom stereocenters. The summed E-state index contributed by atoms with van der Waals surface area (Å²) in [5.74, 6) is -0.764. The third-order valence-corrected chi connectivity index (χ3v) is 4.84. The lowest BCUT2D eigenvalue weighted by Crippen LogP contribution is -2.43. The van der Waals surface area contributed by atoms with E-state index >= 15 is 0 Å². The van der Waals surface area contributed by atoms with Crippen molar-refractivity contribution < 1.29 is 19.1 Å². The van der Waals surface area contributed by atoms with Crippen molar-refractivity contribution in [3.8, 4) is 5.75 Å². The number of nitrogens with one attached hydrogen (secondary N) is 1. The maximum absolute atomic E-state index is 12.9. The molecule has 2 aromatic rings. The number of ether oxygens (including phenoxy) is 1. The van der Waals surface area contributed by atoms with Crippen molar-refractivity contribution in [2.24, 2.45) is 10.3 Å². The number of fused-ring (bicyclic) bond motifs is 1. The minimum atomic E-state index is -0.969. The zero-order chi connectivity index (χ0) is 20.5. The third kappa shape index (κ3) is 3.52. The summed E-state index contributed by atoms with van der Waals surface area (Å²) in [5.41, 5.74) is 0.928. The molecule has 2 aliphatic rings. The molecule has 9 nitrogen and oxygen atoms in total. The lowest BCUT2D eigenvalue weighted by Gasteiger charge is -2.20. The summed E-state index contributed by atoms with van der Waals surface area (Å²) in [7, 11) is 1.53. The van der Waals surface area contributed by atoms with Gasteiger partial charge in [-0.3, -0.25) is 19.4 Å². The van der Waals surface area contributed by atoms with Crippen LogP contribution in [-0.4, -0.2) is 48.5 Å². The van der Waals surface area contributed by atoms with Crippen molar-refractivity contribution in [3.63, 3.8) is 0 Å². The number of rotatable bonds is 5. The number of carbonyl (C=O) groups is 3. The maximum atomic E-state index is 12.9. The second-order valence-corrected chi connectivity index (χ2v) is 6.90. The predicted molar refractivity (Wildman–Crippen MR) is 105 cm³/mol. The summed E-state index contributed by atoms with van der Waals surface area (Å²) < 4.78 is 5.09. The summed E-state index contributed by atoms with van der Waals surface area (Å²) >= 11 is 5.91. The van der Waals surface area contributed by atoms with E-state index in [4.69, 9.17) is 16.3 Å². The fraction of sp³-hybridized carbons (Fsp3) is 0.211. The van der Waals surface area contributed by atoms with Crippen LogP contribution in [0.3, 0.4) is 0 Å². The van der Waals surface area contributed by atoms with Crippen LogP contribution < -0.4 is 15.0 Å². The van der Waals surface area contributed by atoms with Crippen LogP contribution in [0.25, 0.3) is 0 Å². The van der Waals surface area contributed by atoms with Gasteiger partial charge in [0, 0.05) is 10.7 Å². The summed E-state index contributed by atoms with van der Waals surface area (Å²) in [5, 5.41) is 12.2. The number of amides is 3. The van der Waals surface area contributed by atoms with Gasteiger partial charge in [0.1, 0.15) is 12.3 Å². The Labute approximate surface area is 170 Å². The van der Waals surface area contributed by atoms with E-state index < -0.39 is 29.8 Å². The molecule has 148 valence electrons. The van der Waals surface area contributed by atoms with Gasteiger partial charge >= 0.3 is 0 Å². The van der Waals surface area contributed by atoms with Gasteiger partial charge in [0.15, 0.2) is 12.1 Å². The molecule has 0 saturated carbocycles. The Morgan fingerprint density at radius 3 is 2.62 bits per heavy atom. The number of hydrogen-bond donors (Lipinski definition) is 1. The first-order valence-corrected chi connectivity index (χ1v) is 9.10. The second-order valence-electron chi connectivity index (χ2n) is 6.46. The van der Waals surface area contributed by atoms with Gasteiger partial charge in [-0.25, -0.2) is 4.90 Å². The van der Waals surface area contributed by atoms with E-state index in [1.165, 1.54) is 12.1 Å². The molecule has 4 rings (SSSR count). The van der Waals surface area contributed by atoms with E-state index in [2.05, 4.69) is 15.7 Å². The van der Waals surface area contributed by atoms with Crippen molar-refractivity contribution >= 4 is 40.7 Å². The van der Waals surface area contributed by atoms with Crippen molar-refractivity contribution in [2.45, 2.75) is 12.1 Å². The standard InChI is InChI=1S/C19H16ClN5O4/c1-29-14-7-5-13(6-8-14)25-18(27)16-17(19(25)28)24(23-22-16)10-15(26)21-12-4-2-3-11(20)9-12/h2-9,16-17H,10H2,1H3,(H,21,26)/t16-,17+/m1/s1. The van der Waals surface area contributed by atoms with Crippen LogP contribution in [0.15, 0.2) is 58.9 Å². The van der Waals surface area contributed by atoms with E-state index in [0.29, 0.717) is 22.1 Å². The average molecular weight is 414 g/mol. The third-order valence-electron chi connectivity index (χ3n) is 4.60. The van der Waals surface area contributed by atoms with Crippen molar-refractivity contribution in [3.05, 3.63) is 53.6 Å². The van der Waals surface area contributed by atoms with E-state index in [9.17, 15) is 14.4 Å². The lowest BCUT2D eigenvalue weighted by atomic mass is 10.1. The molecule has 2 aromatic carbocycles. The Hall–Kier alpha value is -3.46. The van der Waals surface area contributed by atoms with Crippen LogP contribution in [-0.2, 0) is 14.4 Å². The van der Waals surface area contributed by atoms with Gasteiger partial charge in [-0.2, -0.15) is 5.11 Å². The Bertz CT molecular complexity index is 1010. The number of carbonyl (C=O) groups excluding carboxylic acids is 3. The SMILES string of the molecule is COc1ccc(N2C(=O)[C@@H]3[C@@H](N=NN3CC(=O)Nc3cccc(Cl)c3)C2=O)cc1. The molecular weight excluding hydrogens is 398 g/mol. The number of benzene rings is 2. The Morgan fingerprint density at radius 1 is 1.17 bits per heavy atom. The summed E-state index contributed by atoms with van der Waals surface area (Å²) in [6, 6.07) is 11.3. The van der Waals surface area contributed by atoms with Gasteiger partial charge in [0.05, 0.1) is 12.8 Å². The maximum Gasteiger partial charge on any atom is 0.263 e. The molecule has 2 heterocycles. The van der Waals surface area contributed by atoms with Gasteiger partial charge < -0.3 is 10.1 Å². The number of nitrogens with zero attached hydrogens (tertiary/aromatic N) is 4. The largest absolute Gasteiger partial charge is 0.497 e. The van der Waals surface area contributed by atoms with Crippen LogP contribution in [0.4, 0.5) is 11.4 Å². The van der Waals surface area contributed by atoms with Crippen molar-refractivity contribution in [2.75, 3.05) is 23.9 Å². The van der Waals surface area contributed by atoms with E-state index in [-0.39, 0.29) is 6.54 Å². The summed E-state index contributed by atoms with van der Waals surface area (Å²) in [4.78, 5) is 39.0. The smallest absolute Gasteiger partial charge is 0.263 e. The van der Waals surface area contributed by atoms with Gasteiger partial charge in [-0.1, -0.05) is 22.9 Å². The molecule has 2 atom stereocenters. The fourth-order valence-electron chi connectivity index (χ4n) is 3.25. The number of methoxy groups -OCH3 is 1. The molecule has 1 N–H and O–H groups in total. The van der Waals surface area contributed by atoms with Gasteiger partial charge in [0.2, 0.25) is 5.91 Å². The number of anilines is 2. The number of hydrogen-bond acceptors (Lipinski definition) is 7. The van der Waals surface area contributed by atoms with Crippen LogP contribution in [0, 0.1) is 0 Å². The molecular formula is C19H16ClN5O4. The molecule has 0 bridgehead atoms. The molecule has 0 aromatic heterocycles. The minimum absolute atomic E-state index is 0.230. The normalized spacial score (nSPS) is 20.2. The quantitative estimate of drug-likeness (QED) is 0.757. The highest BCUT2D eigenvalue weighted by Crippen LogP contribution is 2.32. The van der Waals surface area contributed by atoms with Crippen molar-refractivity contribution in [1.29, 1.82) is 0 Å². The molecule has 1 saturated heterocycles. The second kappa shape index (κ2) is 7.51. The van der Waals surface area contributed by atoms with Crippen LogP contribution in [0.1, 0.15) is 0 Å². The van der Waals surface area contributed by atoms with Crippen molar-refractivity contribution in [1.82, 2.24) is 5.01 Å².